The van der Waals surface area contributed by atoms with Gasteiger partial charge in [-0.05, 0) is 31.2 Å². The van der Waals surface area contributed by atoms with Gasteiger partial charge in [0.25, 0.3) is 0 Å². The Morgan fingerprint density at radius 2 is 2.10 bits per heavy atom. The molecule has 0 bridgehead atoms. The van der Waals surface area contributed by atoms with Crippen LogP contribution in [-0.2, 0) is 10.5 Å². The lowest BCUT2D eigenvalue weighted by atomic mass is 10.2. The first kappa shape index (κ1) is 14.5. The molecule has 0 unspecified atom stereocenters. The van der Waals surface area contributed by atoms with Crippen LogP contribution in [0, 0.1) is 6.92 Å². The summed E-state index contributed by atoms with van der Waals surface area (Å²) in [5.41, 5.74) is 0.480. The van der Waals surface area contributed by atoms with Crippen molar-refractivity contribution in [3.8, 4) is 5.75 Å². The van der Waals surface area contributed by atoms with Crippen LogP contribution in [0.25, 0.3) is 0 Å². The maximum absolute atomic E-state index is 11.5. The number of thioether (sulfide) groups is 1. The lowest BCUT2D eigenvalue weighted by Gasteiger charge is -2.02. The molecule has 5 heteroatoms. The first-order valence-corrected chi connectivity index (χ1v) is 7.07. The number of rotatable bonds is 5. The Balaban J connectivity index is 2.05. The number of methoxy groups -OCH3 is 2. The number of carbonyl (C=O) groups excluding carboxylic acids is 1. The zero-order chi connectivity index (χ0) is 14.5. The molecule has 4 nitrogen and oxygen atoms in total. The molecular formula is C15H16O4S. The van der Waals surface area contributed by atoms with Gasteiger partial charge in [-0.3, -0.25) is 0 Å². The molecule has 2 rings (SSSR count). The second kappa shape index (κ2) is 6.52. The minimum atomic E-state index is -0.371. The van der Waals surface area contributed by atoms with Gasteiger partial charge in [-0.1, -0.05) is 6.07 Å². The van der Waals surface area contributed by atoms with Crippen LogP contribution in [0.15, 0.2) is 39.6 Å². The molecular weight excluding hydrogens is 276 g/mol. The Bertz CT molecular complexity index is 604. The van der Waals surface area contributed by atoms with Crippen LogP contribution < -0.4 is 4.74 Å². The summed E-state index contributed by atoms with van der Waals surface area (Å²) >= 11 is 1.62. The van der Waals surface area contributed by atoms with E-state index in [2.05, 4.69) is 0 Å². The Morgan fingerprint density at radius 1 is 1.30 bits per heavy atom. The monoisotopic (exact) mass is 292 g/mol. The Kier molecular flexibility index (Phi) is 4.74. The zero-order valence-electron chi connectivity index (χ0n) is 11.6. The van der Waals surface area contributed by atoms with E-state index in [0.29, 0.717) is 17.1 Å². The summed E-state index contributed by atoms with van der Waals surface area (Å²) in [5.74, 6) is 2.42. The molecule has 0 saturated carbocycles. The predicted octanol–water partition coefficient (Wildman–Crippen LogP) is 3.68. The van der Waals surface area contributed by atoms with Crippen LogP contribution in [0.4, 0.5) is 0 Å². The summed E-state index contributed by atoms with van der Waals surface area (Å²) in [6, 6.07) is 9.53. The summed E-state index contributed by atoms with van der Waals surface area (Å²) < 4.78 is 15.4. The normalized spacial score (nSPS) is 10.3. The smallest absolute Gasteiger partial charge is 0.341 e. The fraction of sp³-hybridized carbons (Fsp3) is 0.267. The van der Waals surface area contributed by atoms with Gasteiger partial charge in [0.15, 0.2) is 0 Å². The summed E-state index contributed by atoms with van der Waals surface area (Å²) in [4.78, 5) is 12.6. The van der Waals surface area contributed by atoms with E-state index in [1.54, 1.807) is 31.9 Å². The molecule has 0 spiro atoms. The van der Waals surface area contributed by atoms with E-state index in [1.165, 1.54) is 7.11 Å². The maximum Gasteiger partial charge on any atom is 0.341 e. The molecule has 0 aliphatic heterocycles. The second-order valence-electron chi connectivity index (χ2n) is 4.14. The van der Waals surface area contributed by atoms with Crippen molar-refractivity contribution >= 4 is 17.7 Å². The molecule has 0 amide bonds. The van der Waals surface area contributed by atoms with Crippen LogP contribution in [0.2, 0.25) is 0 Å². The third-order valence-corrected chi connectivity index (χ3v) is 3.81. The molecule has 0 radical (unpaired) electrons. The number of hydrogen-bond acceptors (Lipinski definition) is 5. The fourth-order valence-electron chi connectivity index (χ4n) is 1.77. The Hall–Kier alpha value is -1.88. The van der Waals surface area contributed by atoms with Crippen LogP contribution in [0.3, 0.4) is 0 Å². The average Bonchev–Trinajstić information content (AvgIpc) is 2.85. The van der Waals surface area contributed by atoms with Gasteiger partial charge in [-0.15, -0.1) is 11.8 Å². The highest BCUT2D eigenvalue weighted by atomic mass is 32.2. The molecule has 1 heterocycles. The van der Waals surface area contributed by atoms with Crippen molar-refractivity contribution < 1.29 is 18.7 Å². The molecule has 2 aromatic rings. The third kappa shape index (κ3) is 3.36. The van der Waals surface area contributed by atoms with Crippen molar-refractivity contribution in [2.24, 2.45) is 0 Å². The molecule has 0 saturated heterocycles. The highest BCUT2D eigenvalue weighted by Crippen LogP contribution is 2.27. The van der Waals surface area contributed by atoms with E-state index >= 15 is 0 Å². The number of hydrogen-bond donors (Lipinski definition) is 0. The Labute approximate surface area is 122 Å². The first-order chi connectivity index (χ1) is 9.63. The lowest BCUT2D eigenvalue weighted by molar-refractivity contribution is 0.0599. The molecule has 0 N–H and O–H groups in total. The van der Waals surface area contributed by atoms with E-state index in [0.717, 1.165) is 16.4 Å². The number of aryl methyl sites for hydroxylation is 1. The van der Waals surface area contributed by atoms with E-state index in [1.807, 2.05) is 24.3 Å². The van der Waals surface area contributed by atoms with Crippen LogP contribution in [0.5, 0.6) is 5.75 Å². The highest BCUT2D eigenvalue weighted by molar-refractivity contribution is 7.98. The minimum Gasteiger partial charge on any atom is -0.497 e. The lowest BCUT2D eigenvalue weighted by Crippen LogP contribution is -2.00. The van der Waals surface area contributed by atoms with Gasteiger partial charge >= 0.3 is 5.97 Å². The van der Waals surface area contributed by atoms with Crippen molar-refractivity contribution in [3.05, 3.63) is 47.4 Å². The summed E-state index contributed by atoms with van der Waals surface area (Å²) in [5, 5.41) is 0. The molecule has 0 atom stereocenters. The van der Waals surface area contributed by atoms with E-state index in [9.17, 15) is 4.79 Å². The average molecular weight is 292 g/mol. The summed E-state index contributed by atoms with van der Waals surface area (Å²) in [7, 11) is 3.00. The van der Waals surface area contributed by atoms with E-state index in [4.69, 9.17) is 13.9 Å². The first-order valence-electron chi connectivity index (χ1n) is 6.08. The van der Waals surface area contributed by atoms with Crippen LogP contribution in [-0.4, -0.2) is 20.2 Å². The number of ether oxygens (including phenoxy) is 2. The van der Waals surface area contributed by atoms with Gasteiger partial charge < -0.3 is 13.9 Å². The maximum atomic E-state index is 11.5. The Morgan fingerprint density at radius 3 is 2.80 bits per heavy atom. The van der Waals surface area contributed by atoms with Gasteiger partial charge in [-0.2, -0.15) is 0 Å². The SMILES string of the molecule is COC(=O)c1cc(CSc2cccc(OC)c2)oc1C. The van der Waals surface area contributed by atoms with Crippen molar-refractivity contribution in [1.29, 1.82) is 0 Å². The van der Waals surface area contributed by atoms with Gasteiger partial charge in [-0.25, -0.2) is 4.79 Å². The highest BCUT2D eigenvalue weighted by Gasteiger charge is 2.15. The zero-order valence-corrected chi connectivity index (χ0v) is 12.5. The number of carbonyl (C=O) groups is 1. The third-order valence-electron chi connectivity index (χ3n) is 2.80. The minimum absolute atomic E-state index is 0.371. The van der Waals surface area contributed by atoms with E-state index in [-0.39, 0.29) is 5.97 Å². The molecule has 106 valence electrons. The molecule has 0 aliphatic rings. The second-order valence-corrected chi connectivity index (χ2v) is 5.19. The number of esters is 1. The summed E-state index contributed by atoms with van der Waals surface area (Å²) in [6.07, 6.45) is 0. The van der Waals surface area contributed by atoms with Crippen LogP contribution >= 0.6 is 11.8 Å². The van der Waals surface area contributed by atoms with Gasteiger partial charge in [0, 0.05) is 4.90 Å². The number of furan rings is 1. The van der Waals surface area contributed by atoms with Crippen molar-refractivity contribution in [2.45, 2.75) is 17.6 Å². The van der Waals surface area contributed by atoms with Gasteiger partial charge in [0.2, 0.25) is 0 Å². The molecule has 1 aromatic carbocycles. The topological polar surface area (TPSA) is 48.7 Å². The fourth-order valence-corrected chi connectivity index (χ4v) is 2.60. The van der Waals surface area contributed by atoms with Crippen molar-refractivity contribution in [2.75, 3.05) is 14.2 Å². The van der Waals surface area contributed by atoms with Gasteiger partial charge in [0.05, 0.1) is 20.0 Å². The largest absolute Gasteiger partial charge is 0.497 e. The van der Waals surface area contributed by atoms with Gasteiger partial charge in [0.1, 0.15) is 22.8 Å². The predicted molar refractivity (Wildman–Crippen MR) is 77.3 cm³/mol. The van der Waals surface area contributed by atoms with Crippen molar-refractivity contribution in [3.63, 3.8) is 0 Å². The molecule has 0 fully saturated rings. The summed E-state index contributed by atoms with van der Waals surface area (Å²) in [6.45, 7) is 1.76. The molecule has 1 aromatic heterocycles. The standard InChI is InChI=1S/C15H16O4S/c1-10-14(15(16)18-3)8-12(19-10)9-20-13-6-4-5-11(7-13)17-2/h4-8H,9H2,1-3H3. The number of benzene rings is 1. The molecule has 0 aliphatic carbocycles. The van der Waals surface area contributed by atoms with Crippen LogP contribution in [0.1, 0.15) is 21.9 Å². The van der Waals surface area contributed by atoms with E-state index < -0.39 is 0 Å². The molecule has 20 heavy (non-hydrogen) atoms. The quantitative estimate of drug-likeness (QED) is 0.621. The van der Waals surface area contributed by atoms with Crippen molar-refractivity contribution in [1.82, 2.24) is 0 Å².